The first-order valence-electron chi connectivity index (χ1n) is 4.69. The van der Waals surface area contributed by atoms with E-state index in [1.54, 1.807) is 6.08 Å². The fraction of sp³-hybridized carbons (Fsp3) is 0.700. The van der Waals surface area contributed by atoms with Crippen molar-refractivity contribution in [2.75, 3.05) is 13.6 Å². The van der Waals surface area contributed by atoms with Gasteiger partial charge in [-0.15, -0.1) is 0 Å². The van der Waals surface area contributed by atoms with Crippen LogP contribution in [0.3, 0.4) is 0 Å². The zero-order valence-corrected chi connectivity index (χ0v) is 8.66. The second-order valence-corrected chi connectivity index (χ2v) is 3.27. The van der Waals surface area contributed by atoms with Gasteiger partial charge in [0.05, 0.1) is 0 Å². The number of hydrogen-bond acceptors (Lipinski definition) is 2. The lowest BCUT2D eigenvalue weighted by molar-refractivity contribution is -0.131. The predicted octanol–water partition coefficient (Wildman–Crippen LogP) is 1.75. The lowest BCUT2D eigenvalue weighted by Crippen LogP contribution is -2.28. The van der Waals surface area contributed by atoms with Gasteiger partial charge < -0.3 is 10.0 Å². The normalized spacial score (nSPS) is 13.8. The van der Waals surface area contributed by atoms with E-state index in [1.807, 2.05) is 14.0 Å². The Labute approximate surface area is 80.0 Å². The van der Waals surface area contributed by atoms with Gasteiger partial charge in [0.2, 0.25) is 0 Å². The number of aliphatic carboxylic acids is 1. The fourth-order valence-electron chi connectivity index (χ4n) is 0.980. The van der Waals surface area contributed by atoms with Crippen LogP contribution in [0.2, 0.25) is 0 Å². The summed E-state index contributed by atoms with van der Waals surface area (Å²) in [5, 5.41) is 8.41. The smallest absolute Gasteiger partial charge is 0.328 e. The molecular formula is C10H19NO2. The standard InChI is InChI=1S/C10H19NO2/c1-4-5-8-11(3)9(2)6-7-10(12)13/h6-7,9H,4-5,8H2,1-3H3,(H,12,13)/b7-6+. The summed E-state index contributed by atoms with van der Waals surface area (Å²) in [6.45, 7) is 5.16. The van der Waals surface area contributed by atoms with Crippen LogP contribution in [0.5, 0.6) is 0 Å². The summed E-state index contributed by atoms with van der Waals surface area (Å²) in [6.07, 6.45) is 5.23. The van der Waals surface area contributed by atoms with E-state index in [9.17, 15) is 4.79 Å². The average Bonchev–Trinajstić information content (AvgIpc) is 2.10. The zero-order chi connectivity index (χ0) is 10.3. The molecule has 0 saturated heterocycles. The number of carbonyl (C=O) groups is 1. The van der Waals surface area contributed by atoms with E-state index in [1.165, 1.54) is 12.5 Å². The van der Waals surface area contributed by atoms with Crippen LogP contribution in [0.4, 0.5) is 0 Å². The molecule has 0 spiro atoms. The van der Waals surface area contributed by atoms with Gasteiger partial charge >= 0.3 is 5.97 Å². The van der Waals surface area contributed by atoms with E-state index in [2.05, 4.69) is 11.8 Å². The molecule has 76 valence electrons. The fourth-order valence-corrected chi connectivity index (χ4v) is 0.980. The van der Waals surface area contributed by atoms with Gasteiger partial charge in [0.25, 0.3) is 0 Å². The van der Waals surface area contributed by atoms with E-state index < -0.39 is 5.97 Å². The molecular weight excluding hydrogens is 166 g/mol. The quantitative estimate of drug-likeness (QED) is 0.641. The number of likely N-dealkylation sites (N-methyl/N-ethyl adjacent to an activating group) is 1. The van der Waals surface area contributed by atoms with Crippen LogP contribution in [-0.2, 0) is 4.79 Å². The Bertz CT molecular complexity index is 178. The van der Waals surface area contributed by atoms with Gasteiger partial charge in [-0.2, -0.15) is 0 Å². The van der Waals surface area contributed by atoms with E-state index >= 15 is 0 Å². The van der Waals surface area contributed by atoms with Crippen molar-refractivity contribution in [1.82, 2.24) is 4.90 Å². The molecule has 0 aliphatic heterocycles. The molecule has 0 aromatic heterocycles. The van der Waals surface area contributed by atoms with Gasteiger partial charge in [-0.05, 0) is 26.9 Å². The molecule has 0 aromatic carbocycles. The van der Waals surface area contributed by atoms with Crippen molar-refractivity contribution < 1.29 is 9.90 Å². The maximum absolute atomic E-state index is 10.2. The average molecular weight is 185 g/mol. The third kappa shape index (κ3) is 6.34. The molecule has 1 N–H and O–H groups in total. The van der Waals surface area contributed by atoms with Crippen molar-refractivity contribution in [3.05, 3.63) is 12.2 Å². The summed E-state index contributed by atoms with van der Waals surface area (Å²) in [5.74, 6) is -0.879. The highest BCUT2D eigenvalue weighted by Gasteiger charge is 2.04. The van der Waals surface area contributed by atoms with E-state index in [0.29, 0.717) is 0 Å². The van der Waals surface area contributed by atoms with Gasteiger partial charge in [-0.25, -0.2) is 4.79 Å². The first-order chi connectivity index (χ1) is 6.07. The van der Waals surface area contributed by atoms with Crippen LogP contribution in [0.15, 0.2) is 12.2 Å². The summed E-state index contributed by atoms with van der Waals surface area (Å²) in [7, 11) is 2.01. The minimum absolute atomic E-state index is 0.197. The van der Waals surface area contributed by atoms with E-state index in [0.717, 1.165) is 13.0 Å². The molecule has 0 saturated carbocycles. The molecule has 3 nitrogen and oxygen atoms in total. The van der Waals surface area contributed by atoms with Crippen LogP contribution in [0, 0.1) is 0 Å². The third-order valence-corrected chi connectivity index (χ3v) is 2.08. The summed E-state index contributed by atoms with van der Waals surface area (Å²) in [5.41, 5.74) is 0. The largest absolute Gasteiger partial charge is 0.478 e. The Morgan fingerprint density at radius 2 is 2.23 bits per heavy atom. The van der Waals surface area contributed by atoms with Crippen LogP contribution in [0.1, 0.15) is 26.7 Å². The van der Waals surface area contributed by atoms with E-state index in [-0.39, 0.29) is 6.04 Å². The van der Waals surface area contributed by atoms with Crippen LogP contribution < -0.4 is 0 Å². The Balaban J connectivity index is 3.81. The van der Waals surface area contributed by atoms with Gasteiger partial charge in [-0.1, -0.05) is 19.4 Å². The Kier molecular flexibility index (Phi) is 6.24. The highest BCUT2D eigenvalue weighted by atomic mass is 16.4. The monoisotopic (exact) mass is 185 g/mol. The number of hydrogen-bond donors (Lipinski definition) is 1. The van der Waals surface area contributed by atoms with Gasteiger partial charge in [-0.3, -0.25) is 0 Å². The molecule has 0 aliphatic rings. The summed E-state index contributed by atoms with van der Waals surface area (Å²) >= 11 is 0. The van der Waals surface area contributed by atoms with Crippen molar-refractivity contribution in [1.29, 1.82) is 0 Å². The second-order valence-electron chi connectivity index (χ2n) is 3.27. The first-order valence-corrected chi connectivity index (χ1v) is 4.69. The summed E-state index contributed by atoms with van der Waals surface area (Å²) < 4.78 is 0. The van der Waals surface area contributed by atoms with Crippen LogP contribution in [-0.4, -0.2) is 35.6 Å². The van der Waals surface area contributed by atoms with Gasteiger partial charge in [0, 0.05) is 12.1 Å². The SMILES string of the molecule is CCCCN(C)C(C)/C=C/C(=O)O. The van der Waals surface area contributed by atoms with Crippen molar-refractivity contribution in [3.63, 3.8) is 0 Å². The molecule has 0 rings (SSSR count). The number of nitrogens with zero attached hydrogens (tertiary/aromatic N) is 1. The molecule has 0 amide bonds. The first kappa shape index (κ1) is 12.2. The highest BCUT2D eigenvalue weighted by molar-refractivity contribution is 5.79. The molecule has 0 fully saturated rings. The maximum Gasteiger partial charge on any atom is 0.328 e. The summed E-state index contributed by atoms with van der Waals surface area (Å²) in [4.78, 5) is 12.4. The van der Waals surface area contributed by atoms with Crippen molar-refractivity contribution in [2.24, 2.45) is 0 Å². The molecule has 1 atom stereocenters. The Morgan fingerprint density at radius 1 is 1.62 bits per heavy atom. The summed E-state index contributed by atoms with van der Waals surface area (Å²) in [6, 6.07) is 0.197. The van der Waals surface area contributed by atoms with Gasteiger partial charge in [0.15, 0.2) is 0 Å². The van der Waals surface area contributed by atoms with Crippen LogP contribution >= 0.6 is 0 Å². The molecule has 1 unspecified atom stereocenters. The zero-order valence-electron chi connectivity index (χ0n) is 8.66. The van der Waals surface area contributed by atoms with Gasteiger partial charge in [0.1, 0.15) is 0 Å². The highest BCUT2D eigenvalue weighted by Crippen LogP contribution is 1.99. The molecule has 13 heavy (non-hydrogen) atoms. The number of rotatable bonds is 6. The van der Waals surface area contributed by atoms with Crippen LogP contribution in [0.25, 0.3) is 0 Å². The maximum atomic E-state index is 10.2. The Morgan fingerprint density at radius 3 is 2.69 bits per heavy atom. The molecule has 0 bridgehead atoms. The number of carboxylic acid groups (broad SMARTS) is 1. The van der Waals surface area contributed by atoms with Crippen molar-refractivity contribution in [3.8, 4) is 0 Å². The minimum Gasteiger partial charge on any atom is -0.478 e. The van der Waals surface area contributed by atoms with Crippen molar-refractivity contribution in [2.45, 2.75) is 32.7 Å². The molecule has 0 heterocycles. The third-order valence-electron chi connectivity index (χ3n) is 2.08. The molecule has 3 heteroatoms. The molecule has 0 aliphatic carbocycles. The minimum atomic E-state index is -0.879. The topological polar surface area (TPSA) is 40.5 Å². The lowest BCUT2D eigenvalue weighted by Gasteiger charge is -2.21. The van der Waals surface area contributed by atoms with Crippen molar-refractivity contribution >= 4 is 5.97 Å². The lowest BCUT2D eigenvalue weighted by atomic mass is 10.2. The van der Waals surface area contributed by atoms with E-state index in [4.69, 9.17) is 5.11 Å². The predicted molar refractivity (Wildman–Crippen MR) is 53.8 cm³/mol. The second kappa shape index (κ2) is 6.66. The number of unbranched alkanes of at least 4 members (excludes halogenated alkanes) is 1. The molecule has 0 radical (unpaired) electrons. The Hall–Kier alpha value is -0.830. The molecule has 0 aromatic rings. The number of carboxylic acids is 1.